The third kappa shape index (κ3) is 3.97. The molecule has 2 aromatic rings. The Kier molecular flexibility index (Phi) is 5.62. The Balaban J connectivity index is 1.79. The number of Topliss-reactive ketones (excluding diaryl/α,β-unsaturated/α-hetero) is 1. The van der Waals surface area contributed by atoms with Gasteiger partial charge in [0, 0.05) is 23.5 Å². The first-order chi connectivity index (χ1) is 12.0. The second kappa shape index (κ2) is 7.73. The molecule has 0 saturated carbocycles. The number of ketones is 1. The third-order valence-electron chi connectivity index (χ3n) is 4.85. The van der Waals surface area contributed by atoms with Crippen LogP contribution in [0.4, 0.5) is 0 Å². The minimum atomic E-state index is -0.564. The average Bonchev–Trinajstić information content (AvgIpc) is 2.68. The van der Waals surface area contributed by atoms with Gasteiger partial charge in [-0.25, -0.2) is 0 Å². The van der Waals surface area contributed by atoms with Crippen molar-refractivity contribution in [2.45, 2.75) is 30.3 Å². The quantitative estimate of drug-likeness (QED) is 0.643. The summed E-state index contributed by atoms with van der Waals surface area (Å²) >= 11 is 1.68. The van der Waals surface area contributed by atoms with Gasteiger partial charge in [-0.05, 0) is 43.4 Å². The van der Waals surface area contributed by atoms with E-state index in [9.17, 15) is 4.79 Å². The Hall–Kier alpha value is -1.62. The fourth-order valence-corrected chi connectivity index (χ4v) is 3.54. The lowest BCUT2D eigenvalue weighted by Crippen LogP contribution is -2.33. The molecule has 25 heavy (non-hydrogen) atoms. The number of hydrogen-bond acceptors (Lipinski definition) is 4. The van der Waals surface area contributed by atoms with Crippen LogP contribution in [0, 0.1) is 0 Å². The van der Waals surface area contributed by atoms with E-state index in [-0.39, 0.29) is 11.9 Å². The van der Waals surface area contributed by atoms with Crippen LogP contribution in [-0.4, -0.2) is 31.7 Å². The van der Waals surface area contributed by atoms with E-state index in [0.717, 1.165) is 36.4 Å². The van der Waals surface area contributed by atoms with Crippen LogP contribution in [-0.2, 0) is 10.2 Å². The largest absolute Gasteiger partial charge is 0.371 e. The van der Waals surface area contributed by atoms with Crippen molar-refractivity contribution in [3.63, 3.8) is 0 Å². The molecule has 0 aromatic heterocycles. The highest BCUT2D eigenvalue weighted by Gasteiger charge is 2.30. The van der Waals surface area contributed by atoms with Gasteiger partial charge < -0.3 is 10.1 Å². The van der Waals surface area contributed by atoms with Crippen LogP contribution in [0.15, 0.2) is 53.4 Å². The van der Waals surface area contributed by atoms with Crippen LogP contribution >= 0.6 is 11.8 Å². The summed E-state index contributed by atoms with van der Waals surface area (Å²) in [6.07, 6.45) is 2.13. The Morgan fingerprint density at radius 1 is 1.12 bits per heavy atom. The van der Waals surface area contributed by atoms with Gasteiger partial charge in [-0.1, -0.05) is 36.4 Å². The number of nitrogens with one attached hydrogen (secondary N) is 1. The molecule has 1 fully saturated rings. The smallest absolute Gasteiger partial charge is 0.172 e. The molecule has 1 saturated heterocycles. The summed E-state index contributed by atoms with van der Waals surface area (Å²) in [4.78, 5) is 14.2. The van der Waals surface area contributed by atoms with Gasteiger partial charge in [0.1, 0.15) is 0 Å². The lowest BCUT2D eigenvalue weighted by molar-refractivity contribution is 0.0277. The van der Waals surface area contributed by atoms with E-state index in [1.54, 1.807) is 11.8 Å². The summed E-state index contributed by atoms with van der Waals surface area (Å²) in [7, 11) is 0. The molecule has 1 heterocycles. The zero-order valence-electron chi connectivity index (χ0n) is 15.0. The summed E-state index contributed by atoms with van der Waals surface area (Å²) in [6, 6.07) is 16.1. The molecular weight excluding hydrogens is 330 g/mol. The van der Waals surface area contributed by atoms with Gasteiger partial charge in [-0.15, -0.1) is 11.8 Å². The van der Waals surface area contributed by atoms with E-state index in [0.29, 0.717) is 0 Å². The Bertz CT molecular complexity index is 717. The molecule has 0 aliphatic carbocycles. The van der Waals surface area contributed by atoms with Gasteiger partial charge in [0.25, 0.3) is 0 Å². The molecule has 3 nitrogen and oxygen atoms in total. The number of carbonyl (C=O) groups is 1. The topological polar surface area (TPSA) is 38.3 Å². The molecule has 2 aromatic carbocycles. The van der Waals surface area contributed by atoms with E-state index in [2.05, 4.69) is 29.6 Å². The van der Waals surface area contributed by atoms with Gasteiger partial charge >= 0.3 is 0 Å². The molecule has 4 heteroatoms. The maximum atomic E-state index is 13.0. The molecular formula is C21H25NO2S. The summed E-state index contributed by atoms with van der Waals surface area (Å²) in [5.41, 5.74) is 2.37. The highest BCUT2D eigenvalue weighted by atomic mass is 32.2. The minimum absolute atomic E-state index is 0.0979. The minimum Gasteiger partial charge on any atom is -0.371 e. The standard InChI is InChI=1S/C21H25NO2S/c1-21(2,20(23)16-6-10-18(25-3)11-7-16)17-8-4-15(5-9-17)19-14-22-12-13-24-19/h4-11,19,22H,12-14H2,1-3H3. The second-order valence-corrected chi connectivity index (χ2v) is 7.75. The van der Waals surface area contributed by atoms with Gasteiger partial charge in [-0.3, -0.25) is 4.79 Å². The van der Waals surface area contributed by atoms with Gasteiger partial charge in [0.2, 0.25) is 0 Å². The molecule has 0 spiro atoms. The Morgan fingerprint density at radius 2 is 1.80 bits per heavy atom. The van der Waals surface area contributed by atoms with E-state index >= 15 is 0 Å². The number of carbonyl (C=O) groups excluding carboxylic acids is 1. The molecule has 1 aliphatic heterocycles. The van der Waals surface area contributed by atoms with Crippen LogP contribution in [0.25, 0.3) is 0 Å². The first-order valence-electron chi connectivity index (χ1n) is 8.64. The van der Waals surface area contributed by atoms with Crippen molar-refractivity contribution in [2.24, 2.45) is 0 Å². The van der Waals surface area contributed by atoms with E-state index < -0.39 is 5.41 Å². The predicted molar refractivity (Wildman–Crippen MR) is 104 cm³/mol. The molecule has 1 N–H and O–H groups in total. The van der Waals surface area contributed by atoms with Crippen molar-refractivity contribution in [3.8, 4) is 0 Å². The molecule has 0 radical (unpaired) electrons. The fraction of sp³-hybridized carbons (Fsp3) is 0.381. The van der Waals surface area contributed by atoms with Crippen LogP contribution in [0.1, 0.15) is 41.4 Å². The van der Waals surface area contributed by atoms with Crippen LogP contribution in [0.2, 0.25) is 0 Å². The number of rotatable bonds is 5. The first kappa shape index (κ1) is 18.2. The molecule has 1 aliphatic rings. The van der Waals surface area contributed by atoms with Gasteiger partial charge in [0.05, 0.1) is 18.1 Å². The summed E-state index contributed by atoms with van der Waals surface area (Å²) in [6.45, 7) is 6.47. The molecule has 0 bridgehead atoms. The van der Waals surface area contributed by atoms with E-state index in [4.69, 9.17) is 4.74 Å². The Morgan fingerprint density at radius 3 is 2.36 bits per heavy atom. The fourth-order valence-electron chi connectivity index (χ4n) is 3.13. The molecule has 1 atom stereocenters. The van der Waals surface area contributed by atoms with Crippen molar-refractivity contribution in [1.29, 1.82) is 0 Å². The first-order valence-corrected chi connectivity index (χ1v) is 9.86. The highest BCUT2D eigenvalue weighted by Crippen LogP contribution is 2.30. The SMILES string of the molecule is CSc1ccc(C(=O)C(C)(C)c2ccc(C3CNCCO3)cc2)cc1. The molecule has 132 valence electrons. The number of hydrogen-bond donors (Lipinski definition) is 1. The average molecular weight is 356 g/mol. The summed E-state index contributed by atoms with van der Waals surface area (Å²) in [5, 5.41) is 3.35. The predicted octanol–water partition coefficient (Wildman–Crippen LogP) is 4.23. The number of morpholine rings is 1. The maximum absolute atomic E-state index is 13.0. The van der Waals surface area contributed by atoms with Crippen LogP contribution < -0.4 is 5.32 Å². The number of thioether (sulfide) groups is 1. The summed E-state index contributed by atoms with van der Waals surface area (Å²) in [5.74, 6) is 0.142. The van der Waals surface area contributed by atoms with E-state index in [1.807, 2.05) is 44.4 Å². The number of ether oxygens (including phenoxy) is 1. The highest BCUT2D eigenvalue weighted by molar-refractivity contribution is 7.98. The summed E-state index contributed by atoms with van der Waals surface area (Å²) < 4.78 is 5.80. The zero-order chi connectivity index (χ0) is 17.9. The monoisotopic (exact) mass is 355 g/mol. The van der Waals surface area contributed by atoms with Gasteiger partial charge in [0.15, 0.2) is 5.78 Å². The lowest BCUT2D eigenvalue weighted by atomic mass is 9.77. The zero-order valence-corrected chi connectivity index (χ0v) is 15.9. The van der Waals surface area contributed by atoms with Gasteiger partial charge in [-0.2, -0.15) is 0 Å². The molecule has 1 unspecified atom stereocenters. The Labute approximate surface area is 154 Å². The van der Waals surface area contributed by atoms with Crippen molar-refractivity contribution >= 4 is 17.5 Å². The van der Waals surface area contributed by atoms with Crippen molar-refractivity contribution < 1.29 is 9.53 Å². The number of benzene rings is 2. The molecule has 0 amide bonds. The maximum Gasteiger partial charge on any atom is 0.172 e. The van der Waals surface area contributed by atoms with Crippen molar-refractivity contribution in [1.82, 2.24) is 5.32 Å². The van der Waals surface area contributed by atoms with Crippen molar-refractivity contribution in [2.75, 3.05) is 26.0 Å². The molecule has 3 rings (SSSR count). The van der Waals surface area contributed by atoms with Crippen LogP contribution in [0.5, 0.6) is 0 Å². The second-order valence-electron chi connectivity index (χ2n) is 6.87. The lowest BCUT2D eigenvalue weighted by Gasteiger charge is -2.26. The van der Waals surface area contributed by atoms with Crippen molar-refractivity contribution in [3.05, 3.63) is 65.2 Å². The van der Waals surface area contributed by atoms with Crippen LogP contribution in [0.3, 0.4) is 0 Å². The third-order valence-corrected chi connectivity index (χ3v) is 5.60. The normalized spacial score (nSPS) is 18.1. The van der Waals surface area contributed by atoms with E-state index in [1.165, 1.54) is 4.90 Å².